The number of carbonyl (C=O) groups excluding carboxylic acids is 3. The van der Waals surface area contributed by atoms with Crippen LogP contribution < -0.4 is 5.32 Å². The van der Waals surface area contributed by atoms with Crippen molar-refractivity contribution >= 4 is 17.8 Å². The molecule has 0 aliphatic heterocycles. The smallest absolute Gasteiger partial charge is 0.408 e. The van der Waals surface area contributed by atoms with E-state index in [9.17, 15) is 19.5 Å². The predicted molar refractivity (Wildman–Crippen MR) is 96.7 cm³/mol. The number of carbonyl (C=O) groups is 3. The molecule has 0 radical (unpaired) electrons. The number of esters is 1. The Bertz CT molecular complexity index is 580. The summed E-state index contributed by atoms with van der Waals surface area (Å²) in [5, 5.41) is 12.8. The number of hydrogen-bond acceptors (Lipinski definition) is 6. The van der Waals surface area contributed by atoms with Crippen LogP contribution in [0.1, 0.15) is 73.6 Å². The van der Waals surface area contributed by atoms with Crippen molar-refractivity contribution in [3.63, 3.8) is 0 Å². The molecule has 2 N–H and O–H groups in total. The van der Waals surface area contributed by atoms with E-state index in [1.807, 2.05) is 0 Å². The van der Waals surface area contributed by atoms with Crippen molar-refractivity contribution in [3.05, 3.63) is 11.3 Å². The van der Waals surface area contributed by atoms with Crippen molar-refractivity contribution in [1.82, 2.24) is 5.32 Å². The summed E-state index contributed by atoms with van der Waals surface area (Å²) in [4.78, 5) is 36.5. The van der Waals surface area contributed by atoms with Gasteiger partial charge in [-0.2, -0.15) is 0 Å². The molecule has 0 aromatic rings. The molecule has 0 heterocycles. The second-order valence-electron chi connectivity index (χ2n) is 8.49. The van der Waals surface area contributed by atoms with Crippen LogP contribution in [-0.2, 0) is 19.1 Å². The van der Waals surface area contributed by atoms with Gasteiger partial charge >= 0.3 is 12.1 Å². The molecule has 1 rings (SSSR count). The number of hydrogen-bond donors (Lipinski definition) is 2. The number of alkyl carbamates (subject to hydrolysis) is 1. The Morgan fingerprint density at radius 1 is 1.04 bits per heavy atom. The second kappa shape index (κ2) is 8.56. The van der Waals surface area contributed by atoms with Gasteiger partial charge in [0.05, 0.1) is 0 Å². The summed E-state index contributed by atoms with van der Waals surface area (Å²) in [6.45, 7) is 10.2. The van der Waals surface area contributed by atoms with Gasteiger partial charge in [-0.05, 0) is 60.8 Å². The van der Waals surface area contributed by atoms with Gasteiger partial charge in [-0.3, -0.25) is 4.79 Å². The summed E-state index contributed by atoms with van der Waals surface area (Å²) in [5.74, 6) is -0.991. The third-order valence-corrected chi connectivity index (χ3v) is 3.55. The molecule has 26 heavy (non-hydrogen) atoms. The highest BCUT2D eigenvalue weighted by atomic mass is 16.6. The highest BCUT2D eigenvalue weighted by Gasteiger charge is 2.31. The average Bonchev–Trinajstić information content (AvgIpc) is 2.43. The van der Waals surface area contributed by atoms with E-state index in [0.717, 1.165) is 12.8 Å². The molecule has 1 fully saturated rings. The van der Waals surface area contributed by atoms with Crippen LogP contribution in [0.25, 0.3) is 0 Å². The van der Waals surface area contributed by atoms with Crippen LogP contribution in [0.5, 0.6) is 0 Å². The van der Waals surface area contributed by atoms with E-state index in [-0.39, 0.29) is 18.0 Å². The minimum absolute atomic E-state index is 0.117. The molecule has 0 saturated heterocycles. The molecule has 0 spiro atoms. The predicted octanol–water partition coefficient (Wildman–Crippen LogP) is 3.57. The quantitative estimate of drug-likeness (QED) is 0.446. The van der Waals surface area contributed by atoms with Crippen molar-refractivity contribution < 1.29 is 29.0 Å². The van der Waals surface area contributed by atoms with Crippen molar-refractivity contribution in [2.24, 2.45) is 0 Å². The van der Waals surface area contributed by atoms with Gasteiger partial charge < -0.3 is 19.9 Å². The first kappa shape index (κ1) is 22.0. The Kier molecular flexibility index (Phi) is 7.24. The van der Waals surface area contributed by atoms with Crippen molar-refractivity contribution in [3.8, 4) is 0 Å². The molecule has 0 aromatic carbocycles. The lowest BCUT2D eigenvalue weighted by atomic mass is 9.91. The van der Waals surface area contributed by atoms with Gasteiger partial charge in [0, 0.05) is 18.4 Å². The first-order chi connectivity index (χ1) is 11.8. The van der Waals surface area contributed by atoms with Gasteiger partial charge in [0.1, 0.15) is 23.0 Å². The van der Waals surface area contributed by atoms with Gasteiger partial charge in [-0.15, -0.1) is 0 Å². The van der Waals surface area contributed by atoms with E-state index in [4.69, 9.17) is 9.47 Å². The molecular formula is C19H31NO6. The minimum atomic E-state index is -1.15. The number of nitrogens with one attached hydrogen (secondary N) is 1. The Morgan fingerprint density at radius 2 is 1.58 bits per heavy atom. The molecule has 1 aliphatic carbocycles. The summed E-state index contributed by atoms with van der Waals surface area (Å²) >= 11 is 0. The van der Waals surface area contributed by atoms with Gasteiger partial charge in [-0.1, -0.05) is 0 Å². The number of aliphatic hydroxyl groups is 1. The molecule has 1 saturated carbocycles. The maximum atomic E-state index is 12.4. The number of amides is 1. The SMILES string of the molecule is CC(C)(C)OC(=O)N[C@@H](C/C(O)=C1\CCCCC1=O)C(=O)OC(C)(C)C. The minimum Gasteiger partial charge on any atom is -0.512 e. The Morgan fingerprint density at radius 3 is 2.08 bits per heavy atom. The molecular weight excluding hydrogens is 338 g/mol. The third kappa shape index (κ3) is 7.89. The lowest BCUT2D eigenvalue weighted by Gasteiger charge is -2.26. The van der Waals surface area contributed by atoms with E-state index >= 15 is 0 Å². The molecule has 1 atom stereocenters. The maximum absolute atomic E-state index is 12.4. The van der Waals surface area contributed by atoms with Crippen LogP contribution in [0.4, 0.5) is 4.79 Å². The zero-order chi connectivity index (χ0) is 20.1. The first-order valence-corrected chi connectivity index (χ1v) is 8.95. The Hall–Kier alpha value is -2.05. The summed E-state index contributed by atoms with van der Waals surface area (Å²) in [6.07, 6.45) is 1.45. The Balaban J connectivity index is 2.96. The zero-order valence-corrected chi connectivity index (χ0v) is 16.6. The molecule has 148 valence electrons. The molecule has 7 heteroatoms. The number of rotatable bonds is 4. The third-order valence-electron chi connectivity index (χ3n) is 3.55. The number of aliphatic hydroxyl groups excluding tert-OH is 1. The summed E-state index contributed by atoms with van der Waals surface area (Å²) in [7, 11) is 0. The van der Waals surface area contributed by atoms with Gasteiger partial charge in [0.25, 0.3) is 0 Å². The summed E-state index contributed by atoms with van der Waals surface area (Å²) in [5.41, 5.74) is -1.16. The van der Waals surface area contributed by atoms with Crippen LogP contribution >= 0.6 is 0 Å². The molecule has 1 aliphatic rings. The second-order valence-corrected chi connectivity index (χ2v) is 8.49. The highest BCUT2D eigenvalue weighted by molar-refractivity contribution is 5.96. The van der Waals surface area contributed by atoms with E-state index in [0.29, 0.717) is 18.4 Å². The fourth-order valence-corrected chi connectivity index (χ4v) is 2.52. The first-order valence-electron chi connectivity index (χ1n) is 8.95. The molecule has 0 bridgehead atoms. The van der Waals surface area contributed by atoms with Crippen LogP contribution in [0.15, 0.2) is 11.3 Å². The van der Waals surface area contributed by atoms with Crippen LogP contribution in [0.2, 0.25) is 0 Å². The fraction of sp³-hybridized carbons (Fsp3) is 0.737. The molecule has 1 amide bonds. The molecule has 7 nitrogen and oxygen atoms in total. The average molecular weight is 369 g/mol. The van der Waals surface area contributed by atoms with Crippen LogP contribution in [-0.4, -0.2) is 40.2 Å². The summed E-state index contributed by atoms with van der Waals surface area (Å²) < 4.78 is 10.5. The van der Waals surface area contributed by atoms with E-state index in [1.54, 1.807) is 41.5 Å². The van der Waals surface area contributed by atoms with Crippen molar-refractivity contribution in [1.29, 1.82) is 0 Å². The largest absolute Gasteiger partial charge is 0.512 e. The van der Waals surface area contributed by atoms with Gasteiger partial charge in [0.2, 0.25) is 0 Å². The number of Topliss-reactive ketones (excluding diaryl/α,β-unsaturated/α-hetero) is 1. The lowest BCUT2D eigenvalue weighted by Crippen LogP contribution is -2.46. The van der Waals surface area contributed by atoms with Gasteiger partial charge in [0.15, 0.2) is 5.78 Å². The Labute approximate surface area is 155 Å². The normalized spacial score (nSPS) is 18.8. The van der Waals surface area contributed by atoms with Crippen LogP contribution in [0, 0.1) is 0 Å². The lowest BCUT2D eigenvalue weighted by molar-refractivity contribution is -0.157. The van der Waals surface area contributed by atoms with E-state index < -0.39 is 29.3 Å². The van der Waals surface area contributed by atoms with Crippen molar-refractivity contribution in [2.45, 2.75) is 90.9 Å². The van der Waals surface area contributed by atoms with Crippen LogP contribution in [0.3, 0.4) is 0 Å². The number of ketones is 1. The molecule has 0 aromatic heterocycles. The standard InChI is InChI=1S/C19H31NO6/c1-18(2,3)25-16(23)13(20-17(24)26-19(4,5)6)11-15(22)12-9-7-8-10-14(12)21/h13,22H,7-11H2,1-6H3,(H,20,24)/b15-12-/t13-/m0/s1. The topological polar surface area (TPSA) is 102 Å². The van der Waals surface area contributed by atoms with E-state index in [1.165, 1.54) is 0 Å². The van der Waals surface area contributed by atoms with Crippen molar-refractivity contribution in [2.75, 3.05) is 0 Å². The summed E-state index contributed by atoms with van der Waals surface area (Å²) in [6, 6.07) is -1.15. The fourth-order valence-electron chi connectivity index (χ4n) is 2.52. The highest BCUT2D eigenvalue weighted by Crippen LogP contribution is 2.24. The number of allylic oxidation sites excluding steroid dienone is 1. The van der Waals surface area contributed by atoms with E-state index in [2.05, 4.69) is 5.32 Å². The maximum Gasteiger partial charge on any atom is 0.408 e. The molecule has 0 unspecified atom stereocenters. The zero-order valence-electron chi connectivity index (χ0n) is 16.6. The monoisotopic (exact) mass is 369 g/mol. The number of ether oxygens (including phenoxy) is 2. The van der Waals surface area contributed by atoms with Gasteiger partial charge in [-0.25, -0.2) is 9.59 Å².